The van der Waals surface area contributed by atoms with Gasteiger partial charge >= 0.3 is 14.1 Å². The lowest BCUT2D eigenvalue weighted by atomic mass is 10.2. The third-order valence-corrected chi connectivity index (χ3v) is 3.06. The molecule has 0 aliphatic rings. The van der Waals surface area contributed by atoms with Gasteiger partial charge in [-0.1, -0.05) is 6.07 Å². The number of benzene rings is 1. The van der Waals surface area contributed by atoms with Crippen molar-refractivity contribution in [2.45, 2.75) is 6.92 Å². The molecule has 0 N–H and O–H groups in total. The highest BCUT2D eigenvalue weighted by Crippen LogP contribution is 2.28. The Morgan fingerprint density at radius 2 is 2.12 bits per heavy atom. The Hall–Kier alpha value is -1.32. The molecule has 17 heavy (non-hydrogen) atoms. The first-order valence-electron chi connectivity index (χ1n) is 5.21. The smallest absolute Gasteiger partial charge is 0.338 e. The van der Waals surface area contributed by atoms with Crippen LogP contribution in [0.15, 0.2) is 24.3 Å². The minimum atomic E-state index is -2.28. The van der Waals surface area contributed by atoms with Gasteiger partial charge in [-0.05, 0) is 39.2 Å². The molecule has 0 heterocycles. The topological polar surface area (TPSA) is 55.8 Å². The summed E-state index contributed by atoms with van der Waals surface area (Å²) in [7, 11) is 1.04. The number of nitrogens with zero attached hydrogens (tertiary/aromatic N) is 1. The second kappa shape index (κ2) is 6.42. The van der Waals surface area contributed by atoms with Gasteiger partial charge in [0.2, 0.25) is 0 Å². The average molecular weight is 257 g/mol. The number of esters is 1. The van der Waals surface area contributed by atoms with Crippen LogP contribution in [0.4, 0.5) is 0 Å². The minimum absolute atomic E-state index is 0.318. The van der Waals surface area contributed by atoms with Crippen molar-refractivity contribution >= 4 is 14.1 Å². The van der Waals surface area contributed by atoms with Gasteiger partial charge in [0.05, 0.1) is 12.2 Å². The summed E-state index contributed by atoms with van der Waals surface area (Å²) in [6.45, 7) is 2.06. The third-order valence-electron chi connectivity index (χ3n) is 1.92. The maximum absolute atomic E-state index is 11.5. The first kappa shape index (κ1) is 13.7. The van der Waals surface area contributed by atoms with Crippen LogP contribution in [-0.2, 0) is 9.30 Å². The Balaban J connectivity index is 2.79. The van der Waals surface area contributed by atoms with Gasteiger partial charge in [0.15, 0.2) is 0 Å². The lowest BCUT2D eigenvalue weighted by molar-refractivity contribution is 0.0526. The van der Waals surface area contributed by atoms with Crippen molar-refractivity contribution < 1.29 is 18.6 Å². The monoisotopic (exact) mass is 257 g/mol. The summed E-state index contributed by atoms with van der Waals surface area (Å²) in [5, 5.41) is 0. The molecule has 1 aromatic carbocycles. The molecule has 0 aromatic heterocycles. The number of ether oxygens (including phenoxy) is 1. The molecule has 5 nitrogen and oxygen atoms in total. The van der Waals surface area contributed by atoms with Crippen molar-refractivity contribution in [1.29, 1.82) is 0 Å². The zero-order chi connectivity index (χ0) is 12.8. The van der Waals surface area contributed by atoms with Crippen molar-refractivity contribution in [2.75, 3.05) is 20.7 Å². The van der Waals surface area contributed by atoms with E-state index in [1.165, 1.54) is 10.7 Å². The van der Waals surface area contributed by atoms with E-state index in [1.807, 2.05) is 0 Å². The highest BCUT2D eigenvalue weighted by Gasteiger charge is 2.09. The third kappa shape index (κ3) is 4.21. The molecule has 0 aliphatic heterocycles. The molecule has 0 saturated heterocycles. The Kier molecular flexibility index (Phi) is 5.19. The van der Waals surface area contributed by atoms with E-state index < -0.39 is 14.1 Å². The van der Waals surface area contributed by atoms with Crippen molar-refractivity contribution in [3.8, 4) is 5.75 Å². The second-order valence-corrected chi connectivity index (χ2v) is 5.14. The normalized spacial score (nSPS) is 12.2. The average Bonchev–Trinajstić information content (AvgIpc) is 2.29. The molecule has 0 radical (unpaired) electrons. The zero-order valence-corrected chi connectivity index (χ0v) is 11.1. The van der Waals surface area contributed by atoms with Crippen LogP contribution in [0.3, 0.4) is 0 Å². The van der Waals surface area contributed by atoms with Crippen molar-refractivity contribution in [1.82, 2.24) is 4.67 Å². The maximum Gasteiger partial charge on any atom is 0.338 e. The number of rotatable bonds is 5. The van der Waals surface area contributed by atoms with Crippen LogP contribution >= 0.6 is 8.18 Å². The Bertz CT molecular complexity index is 420. The molecule has 1 atom stereocenters. The van der Waals surface area contributed by atoms with Crippen molar-refractivity contribution in [2.24, 2.45) is 0 Å². The van der Waals surface area contributed by atoms with Gasteiger partial charge < -0.3 is 9.26 Å². The second-order valence-electron chi connectivity index (χ2n) is 3.51. The molecule has 0 amide bonds. The summed E-state index contributed by atoms with van der Waals surface area (Å²) in [6.07, 6.45) is 0. The molecular weight excluding hydrogens is 241 g/mol. The molecular formula is C11H16NO4P. The minimum Gasteiger partial charge on any atom is -0.462 e. The van der Waals surface area contributed by atoms with E-state index in [4.69, 9.17) is 9.26 Å². The van der Waals surface area contributed by atoms with Gasteiger partial charge in [-0.3, -0.25) is 4.57 Å². The Labute approximate surface area is 101 Å². The molecule has 94 valence electrons. The molecule has 0 spiro atoms. The number of carbonyl (C=O) groups excluding carboxylic acids is 1. The highest BCUT2D eigenvalue weighted by atomic mass is 31.1. The van der Waals surface area contributed by atoms with Crippen molar-refractivity contribution in [3.05, 3.63) is 29.8 Å². The summed E-state index contributed by atoms with van der Waals surface area (Å²) in [5.41, 5.74) is 0.387. The maximum atomic E-state index is 11.5. The van der Waals surface area contributed by atoms with E-state index in [1.54, 1.807) is 39.2 Å². The molecule has 1 unspecified atom stereocenters. The van der Waals surface area contributed by atoms with Crippen LogP contribution in [-0.4, -0.2) is 31.3 Å². The summed E-state index contributed by atoms with van der Waals surface area (Å²) >= 11 is 0. The fourth-order valence-corrected chi connectivity index (χ4v) is 1.60. The van der Waals surface area contributed by atoms with Gasteiger partial charge in [0.25, 0.3) is 0 Å². The Morgan fingerprint density at radius 3 is 2.71 bits per heavy atom. The van der Waals surface area contributed by atoms with Crippen molar-refractivity contribution in [3.63, 3.8) is 0 Å². The van der Waals surface area contributed by atoms with E-state index >= 15 is 0 Å². The van der Waals surface area contributed by atoms with Crippen LogP contribution in [0, 0.1) is 0 Å². The van der Waals surface area contributed by atoms with E-state index in [9.17, 15) is 9.36 Å². The van der Waals surface area contributed by atoms with Crippen LogP contribution < -0.4 is 4.52 Å². The fraction of sp³-hybridized carbons (Fsp3) is 0.364. The summed E-state index contributed by atoms with van der Waals surface area (Å²) < 4.78 is 23.0. The first-order valence-corrected chi connectivity index (χ1v) is 6.47. The molecule has 1 rings (SSSR count). The number of hydrogen-bond acceptors (Lipinski definition) is 4. The van der Waals surface area contributed by atoms with Gasteiger partial charge in [0, 0.05) is 0 Å². The lowest BCUT2D eigenvalue weighted by Crippen LogP contribution is -2.05. The van der Waals surface area contributed by atoms with Gasteiger partial charge in [-0.2, -0.15) is 0 Å². The molecule has 1 aromatic rings. The van der Waals surface area contributed by atoms with Gasteiger partial charge in [0.1, 0.15) is 5.75 Å². The van der Waals surface area contributed by atoms with Crippen LogP contribution in [0.25, 0.3) is 0 Å². The van der Waals surface area contributed by atoms with Gasteiger partial charge in [-0.15, -0.1) is 0 Å². The standard InChI is InChI=1S/C11H16NO4P/c1-4-15-11(13)9-6-5-7-10(8-9)16-17(14)12(2)3/h5-8,17H,4H2,1-3H3. The zero-order valence-electron chi connectivity index (χ0n) is 10.1. The fourth-order valence-electron chi connectivity index (χ4n) is 1.09. The lowest BCUT2D eigenvalue weighted by Gasteiger charge is -2.11. The quantitative estimate of drug-likeness (QED) is 0.597. The SMILES string of the molecule is CCOC(=O)c1cccc(O[PH](=O)N(C)C)c1. The van der Waals surface area contributed by atoms with Gasteiger partial charge in [-0.25, -0.2) is 9.46 Å². The van der Waals surface area contributed by atoms with Crippen LogP contribution in [0.5, 0.6) is 5.75 Å². The summed E-state index contributed by atoms with van der Waals surface area (Å²) in [5.74, 6) is -0.0179. The van der Waals surface area contributed by atoms with E-state index in [0.717, 1.165) is 0 Å². The van der Waals surface area contributed by atoms with E-state index in [2.05, 4.69) is 0 Å². The van der Waals surface area contributed by atoms with Crippen LogP contribution in [0.1, 0.15) is 17.3 Å². The number of hydrogen-bond donors (Lipinski definition) is 0. The largest absolute Gasteiger partial charge is 0.462 e. The van der Waals surface area contributed by atoms with E-state index in [-0.39, 0.29) is 0 Å². The molecule has 0 bridgehead atoms. The molecule has 0 saturated carbocycles. The molecule has 6 heteroatoms. The first-order chi connectivity index (χ1) is 8.04. The predicted octanol–water partition coefficient (Wildman–Crippen LogP) is 2.19. The Morgan fingerprint density at radius 1 is 1.41 bits per heavy atom. The van der Waals surface area contributed by atoms with E-state index in [0.29, 0.717) is 17.9 Å². The summed E-state index contributed by atoms with van der Waals surface area (Å²) in [6, 6.07) is 6.45. The predicted molar refractivity (Wildman–Crippen MR) is 65.7 cm³/mol. The number of carbonyl (C=O) groups is 1. The molecule has 0 aliphatic carbocycles. The summed E-state index contributed by atoms with van der Waals surface area (Å²) in [4.78, 5) is 11.5. The highest BCUT2D eigenvalue weighted by molar-refractivity contribution is 7.36. The van der Waals surface area contributed by atoms with Crippen LogP contribution in [0.2, 0.25) is 0 Å². The molecule has 0 fully saturated rings.